The fourth-order valence-corrected chi connectivity index (χ4v) is 2.81. The number of nitrogens with zero attached hydrogens (tertiary/aromatic N) is 4. The van der Waals surface area contributed by atoms with Crippen molar-refractivity contribution in [3.63, 3.8) is 0 Å². The molecule has 1 aliphatic heterocycles. The Labute approximate surface area is 121 Å². The van der Waals surface area contributed by atoms with Crippen molar-refractivity contribution in [2.75, 3.05) is 0 Å². The van der Waals surface area contributed by atoms with Crippen molar-refractivity contribution in [2.24, 2.45) is 0 Å². The van der Waals surface area contributed by atoms with Crippen molar-refractivity contribution in [3.05, 3.63) is 29.3 Å². The predicted molar refractivity (Wildman–Crippen MR) is 75.6 cm³/mol. The summed E-state index contributed by atoms with van der Waals surface area (Å²) < 4.78 is 12.9. The van der Waals surface area contributed by atoms with Crippen molar-refractivity contribution in [2.45, 2.75) is 39.7 Å². The Morgan fingerprint density at radius 2 is 2.10 bits per heavy atom. The quantitative estimate of drug-likeness (QED) is 0.723. The molecule has 3 aromatic rings. The molecule has 0 saturated heterocycles. The third-order valence-electron chi connectivity index (χ3n) is 3.84. The zero-order chi connectivity index (χ0) is 14.4. The zero-order valence-electron chi connectivity index (χ0n) is 12.1. The third-order valence-corrected chi connectivity index (χ3v) is 3.84. The van der Waals surface area contributed by atoms with Gasteiger partial charge in [-0.15, -0.1) is 0 Å². The van der Waals surface area contributed by atoms with E-state index in [0.29, 0.717) is 11.7 Å². The van der Waals surface area contributed by atoms with Crippen LogP contribution >= 0.6 is 0 Å². The summed E-state index contributed by atoms with van der Waals surface area (Å²) in [6.07, 6.45) is 3.46. The summed E-state index contributed by atoms with van der Waals surface area (Å²) in [7, 11) is 0. The molecular weight excluding hydrogens is 268 g/mol. The molecule has 0 amide bonds. The summed E-state index contributed by atoms with van der Waals surface area (Å²) in [6.45, 7) is 4.77. The lowest BCUT2D eigenvalue weighted by Gasteiger charge is -2.11. The zero-order valence-corrected chi connectivity index (χ0v) is 12.1. The molecule has 0 bridgehead atoms. The van der Waals surface area contributed by atoms with Crippen molar-refractivity contribution in [1.29, 1.82) is 0 Å². The van der Waals surface area contributed by atoms with Gasteiger partial charge in [-0.1, -0.05) is 5.16 Å². The molecule has 108 valence electrons. The van der Waals surface area contributed by atoms with Crippen LogP contribution in [-0.4, -0.2) is 19.9 Å². The first-order chi connectivity index (χ1) is 10.2. The molecular formula is C15H16N4O2. The van der Waals surface area contributed by atoms with E-state index >= 15 is 0 Å². The molecule has 0 aromatic carbocycles. The number of hydrogen-bond donors (Lipinski definition) is 0. The van der Waals surface area contributed by atoms with E-state index in [9.17, 15) is 0 Å². The molecule has 3 aromatic heterocycles. The number of hydrogen-bond acceptors (Lipinski definition) is 5. The van der Waals surface area contributed by atoms with E-state index in [0.717, 1.165) is 35.7 Å². The Kier molecular flexibility index (Phi) is 2.70. The first kappa shape index (κ1) is 12.4. The van der Waals surface area contributed by atoms with Gasteiger partial charge in [-0.3, -0.25) is 4.68 Å². The van der Waals surface area contributed by atoms with Crippen LogP contribution in [0.25, 0.3) is 23.0 Å². The second-order valence-electron chi connectivity index (χ2n) is 5.45. The van der Waals surface area contributed by atoms with Gasteiger partial charge in [0, 0.05) is 12.2 Å². The van der Waals surface area contributed by atoms with Crippen LogP contribution in [0.4, 0.5) is 0 Å². The minimum absolute atomic E-state index is 0.463. The smallest absolute Gasteiger partial charge is 0.278 e. The molecule has 4 heterocycles. The monoisotopic (exact) mass is 284 g/mol. The maximum Gasteiger partial charge on any atom is 0.278 e. The van der Waals surface area contributed by atoms with Crippen LogP contribution in [0.2, 0.25) is 0 Å². The number of rotatable bonds is 2. The van der Waals surface area contributed by atoms with E-state index in [1.54, 1.807) is 0 Å². The van der Waals surface area contributed by atoms with E-state index < -0.39 is 0 Å². The molecule has 1 aliphatic rings. The number of fused-ring (bicyclic) bond motifs is 1. The molecule has 0 aliphatic carbocycles. The van der Waals surface area contributed by atoms with Gasteiger partial charge in [-0.05, 0) is 45.2 Å². The topological polar surface area (TPSA) is 69.9 Å². The minimum Gasteiger partial charge on any atom is -0.466 e. The Morgan fingerprint density at radius 1 is 1.19 bits per heavy atom. The molecule has 0 atom stereocenters. The van der Waals surface area contributed by atoms with Crippen LogP contribution in [0, 0.1) is 13.8 Å². The average Bonchev–Trinajstić information content (AvgIpc) is 3.15. The molecule has 21 heavy (non-hydrogen) atoms. The Morgan fingerprint density at radius 3 is 2.86 bits per heavy atom. The molecule has 0 N–H and O–H groups in total. The summed E-state index contributed by atoms with van der Waals surface area (Å²) >= 11 is 0. The molecule has 6 heteroatoms. The molecule has 0 radical (unpaired) electrons. The number of aryl methyl sites for hydroxylation is 4. The van der Waals surface area contributed by atoms with Gasteiger partial charge in [0.2, 0.25) is 5.82 Å². The summed E-state index contributed by atoms with van der Waals surface area (Å²) in [6, 6.07) is 3.96. The second kappa shape index (κ2) is 4.58. The highest BCUT2D eigenvalue weighted by atomic mass is 16.5. The van der Waals surface area contributed by atoms with Gasteiger partial charge < -0.3 is 8.94 Å². The first-order valence-electron chi connectivity index (χ1n) is 7.19. The van der Waals surface area contributed by atoms with Gasteiger partial charge in [-0.25, -0.2) is 0 Å². The summed E-state index contributed by atoms with van der Waals surface area (Å²) in [5.74, 6) is 2.64. The van der Waals surface area contributed by atoms with Crippen molar-refractivity contribution in [3.8, 4) is 23.0 Å². The van der Waals surface area contributed by atoms with Gasteiger partial charge in [0.25, 0.3) is 5.89 Å². The summed E-state index contributed by atoms with van der Waals surface area (Å²) in [5.41, 5.74) is 2.86. The van der Waals surface area contributed by atoms with E-state index in [2.05, 4.69) is 15.2 Å². The van der Waals surface area contributed by atoms with Gasteiger partial charge in [0.05, 0.1) is 5.56 Å². The SMILES string of the molecule is Cc1cc(-c2noc(-c3cc4n(n3)CCCC4)n2)c(C)o1. The highest BCUT2D eigenvalue weighted by Gasteiger charge is 2.19. The van der Waals surface area contributed by atoms with Crippen LogP contribution in [0.1, 0.15) is 30.1 Å². The highest BCUT2D eigenvalue weighted by Crippen LogP contribution is 2.27. The summed E-state index contributed by atoms with van der Waals surface area (Å²) in [5, 5.41) is 8.60. The van der Waals surface area contributed by atoms with Crippen molar-refractivity contribution < 1.29 is 8.94 Å². The normalized spacial score (nSPS) is 14.4. The van der Waals surface area contributed by atoms with E-state index in [-0.39, 0.29) is 0 Å². The molecule has 6 nitrogen and oxygen atoms in total. The fraction of sp³-hybridized carbons (Fsp3) is 0.400. The van der Waals surface area contributed by atoms with E-state index in [4.69, 9.17) is 8.94 Å². The largest absolute Gasteiger partial charge is 0.466 e. The van der Waals surface area contributed by atoms with Gasteiger partial charge >= 0.3 is 0 Å². The van der Waals surface area contributed by atoms with Gasteiger partial charge in [0.1, 0.15) is 11.5 Å². The second-order valence-corrected chi connectivity index (χ2v) is 5.45. The minimum atomic E-state index is 0.463. The van der Waals surface area contributed by atoms with Crippen LogP contribution in [0.5, 0.6) is 0 Å². The Bertz CT molecular complexity index is 773. The lowest BCUT2D eigenvalue weighted by molar-refractivity contribution is 0.428. The number of furan rings is 1. The molecule has 0 saturated carbocycles. The Hall–Kier alpha value is -2.37. The van der Waals surface area contributed by atoms with Gasteiger partial charge in [0.15, 0.2) is 5.69 Å². The number of aromatic nitrogens is 4. The third kappa shape index (κ3) is 2.07. The molecule has 0 spiro atoms. The fourth-order valence-electron chi connectivity index (χ4n) is 2.81. The predicted octanol–water partition coefficient (Wildman–Crippen LogP) is 3.15. The molecule has 0 unspecified atom stereocenters. The highest BCUT2D eigenvalue weighted by molar-refractivity contribution is 5.60. The van der Waals surface area contributed by atoms with Crippen LogP contribution in [-0.2, 0) is 13.0 Å². The van der Waals surface area contributed by atoms with E-state index in [1.807, 2.05) is 30.7 Å². The standard InChI is InChI=1S/C15H16N4O2/c1-9-7-12(10(2)20-9)14-16-15(21-18-14)13-8-11-5-3-4-6-19(11)17-13/h7-8H,3-6H2,1-2H3. The maximum atomic E-state index is 5.51. The van der Waals surface area contributed by atoms with Crippen molar-refractivity contribution >= 4 is 0 Å². The summed E-state index contributed by atoms with van der Waals surface area (Å²) in [4.78, 5) is 4.45. The lowest BCUT2D eigenvalue weighted by atomic mass is 10.1. The van der Waals surface area contributed by atoms with Gasteiger partial charge in [-0.2, -0.15) is 10.1 Å². The Balaban J connectivity index is 1.71. The van der Waals surface area contributed by atoms with E-state index in [1.165, 1.54) is 18.5 Å². The molecule has 4 rings (SSSR count). The van der Waals surface area contributed by atoms with Crippen LogP contribution in [0.3, 0.4) is 0 Å². The average molecular weight is 284 g/mol. The first-order valence-corrected chi connectivity index (χ1v) is 7.19. The van der Waals surface area contributed by atoms with Crippen molar-refractivity contribution in [1.82, 2.24) is 19.9 Å². The lowest BCUT2D eigenvalue weighted by Crippen LogP contribution is -2.10. The van der Waals surface area contributed by atoms with Crippen LogP contribution < -0.4 is 0 Å². The molecule has 0 fully saturated rings. The van der Waals surface area contributed by atoms with Crippen LogP contribution in [0.15, 0.2) is 21.1 Å². The maximum absolute atomic E-state index is 5.51.